The summed E-state index contributed by atoms with van der Waals surface area (Å²) in [5.74, 6) is 0.186. The molecule has 6 nitrogen and oxygen atoms in total. The molecule has 3 rings (SSSR count). The van der Waals surface area contributed by atoms with Gasteiger partial charge in [-0.15, -0.1) is 0 Å². The third-order valence-electron chi connectivity index (χ3n) is 3.60. The molecule has 6 heteroatoms. The summed E-state index contributed by atoms with van der Waals surface area (Å²) in [7, 11) is 0. The maximum atomic E-state index is 12.4. The molecule has 0 radical (unpaired) electrons. The number of carbonyl (C=O) groups excluding carboxylic acids is 2. The van der Waals surface area contributed by atoms with E-state index >= 15 is 0 Å². The van der Waals surface area contributed by atoms with Crippen LogP contribution in [0.4, 0.5) is 5.69 Å². The van der Waals surface area contributed by atoms with Crippen LogP contribution in [-0.2, 0) is 4.79 Å². The van der Waals surface area contributed by atoms with E-state index in [1.54, 1.807) is 30.0 Å². The lowest BCUT2D eigenvalue weighted by Gasteiger charge is -2.21. The fourth-order valence-electron chi connectivity index (χ4n) is 2.52. The van der Waals surface area contributed by atoms with Gasteiger partial charge in [0, 0.05) is 18.7 Å². The predicted octanol–water partition coefficient (Wildman–Crippen LogP) is 0.614. The highest BCUT2D eigenvalue weighted by Gasteiger charge is 2.34. The van der Waals surface area contributed by atoms with Gasteiger partial charge in [0.2, 0.25) is 0 Å². The smallest absolute Gasteiger partial charge is 0.262 e. The van der Waals surface area contributed by atoms with E-state index in [0.717, 1.165) is 0 Å². The van der Waals surface area contributed by atoms with Crippen molar-refractivity contribution in [1.82, 2.24) is 4.90 Å². The standard InChI is InChI=1S/C14H16N2O4/c1-14(19)4-5-16(8-14)13(18)9-2-3-11-10(6-9)15-12(17)7-20-11/h2-3,6,19H,4-5,7-8H2,1H3,(H,15,17). The third-order valence-corrected chi connectivity index (χ3v) is 3.60. The minimum absolute atomic E-state index is 0.00468. The zero-order chi connectivity index (χ0) is 14.3. The van der Waals surface area contributed by atoms with Crippen molar-refractivity contribution in [3.63, 3.8) is 0 Å². The van der Waals surface area contributed by atoms with Gasteiger partial charge in [0.25, 0.3) is 11.8 Å². The molecule has 1 saturated heterocycles. The van der Waals surface area contributed by atoms with Crippen molar-refractivity contribution < 1.29 is 19.4 Å². The number of ether oxygens (including phenoxy) is 1. The zero-order valence-electron chi connectivity index (χ0n) is 11.2. The number of hydrogen-bond acceptors (Lipinski definition) is 4. The number of aliphatic hydroxyl groups is 1. The molecule has 2 aliphatic heterocycles. The van der Waals surface area contributed by atoms with Crippen molar-refractivity contribution >= 4 is 17.5 Å². The minimum Gasteiger partial charge on any atom is -0.482 e. The van der Waals surface area contributed by atoms with Crippen LogP contribution < -0.4 is 10.1 Å². The Morgan fingerprint density at radius 1 is 1.50 bits per heavy atom. The molecule has 20 heavy (non-hydrogen) atoms. The molecule has 1 unspecified atom stereocenters. The normalized spacial score (nSPS) is 24.9. The van der Waals surface area contributed by atoms with Gasteiger partial charge in [-0.05, 0) is 31.5 Å². The number of anilines is 1. The molecule has 2 heterocycles. The highest BCUT2D eigenvalue weighted by atomic mass is 16.5. The van der Waals surface area contributed by atoms with Crippen molar-refractivity contribution in [2.45, 2.75) is 18.9 Å². The Morgan fingerprint density at radius 3 is 3.00 bits per heavy atom. The Labute approximate surface area is 116 Å². The van der Waals surface area contributed by atoms with Crippen LogP contribution in [-0.4, -0.2) is 47.1 Å². The second-order valence-corrected chi connectivity index (χ2v) is 5.52. The van der Waals surface area contributed by atoms with Crippen LogP contribution >= 0.6 is 0 Å². The molecule has 0 bridgehead atoms. The first-order valence-electron chi connectivity index (χ1n) is 6.53. The molecule has 106 valence electrons. The van der Waals surface area contributed by atoms with Crippen LogP contribution in [0.3, 0.4) is 0 Å². The van der Waals surface area contributed by atoms with Gasteiger partial charge in [-0.2, -0.15) is 0 Å². The molecule has 2 amide bonds. The minimum atomic E-state index is -0.818. The van der Waals surface area contributed by atoms with Gasteiger partial charge in [-0.1, -0.05) is 0 Å². The number of nitrogens with one attached hydrogen (secondary N) is 1. The topological polar surface area (TPSA) is 78.9 Å². The first-order valence-corrected chi connectivity index (χ1v) is 6.53. The van der Waals surface area contributed by atoms with Crippen LogP contribution in [0.1, 0.15) is 23.7 Å². The number of likely N-dealkylation sites (tertiary alicyclic amines) is 1. The first-order chi connectivity index (χ1) is 9.44. The van der Waals surface area contributed by atoms with E-state index < -0.39 is 5.60 Å². The van der Waals surface area contributed by atoms with Gasteiger partial charge in [0.15, 0.2) is 6.61 Å². The van der Waals surface area contributed by atoms with Crippen LogP contribution in [0, 0.1) is 0 Å². The first kappa shape index (κ1) is 12.9. The molecule has 0 aromatic heterocycles. The van der Waals surface area contributed by atoms with Crippen molar-refractivity contribution in [2.24, 2.45) is 0 Å². The van der Waals surface area contributed by atoms with Gasteiger partial charge in [0.1, 0.15) is 5.75 Å². The van der Waals surface area contributed by atoms with Crippen molar-refractivity contribution in [3.05, 3.63) is 23.8 Å². The number of nitrogens with zero attached hydrogens (tertiary/aromatic N) is 1. The lowest BCUT2D eigenvalue weighted by molar-refractivity contribution is -0.118. The summed E-state index contributed by atoms with van der Waals surface area (Å²) < 4.78 is 5.25. The number of rotatable bonds is 1. The molecule has 0 saturated carbocycles. The summed E-state index contributed by atoms with van der Waals surface area (Å²) in [5, 5.41) is 12.6. The average Bonchev–Trinajstić information content (AvgIpc) is 2.77. The molecule has 1 aromatic rings. The Kier molecular flexibility index (Phi) is 2.90. The number of carbonyl (C=O) groups is 2. The van der Waals surface area contributed by atoms with Crippen LogP contribution in [0.25, 0.3) is 0 Å². The number of benzene rings is 1. The van der Waals surface area contributed by atoms with Crippen LogP contribution in [0.2, 0.25) is 0 Å². The third kappa shape index (κ3) is 2.34. The molecular formula is C14H16N2O4. The Bertz CT molecular complexity index is 583. The van der Waals surface area contributed by atoms with Crippen molar-refractivity contribution in [3.8, 4) is 5.75 Å². The molecule has 0 spiro atoms. The number of fused-ring (bicyclic) bond motifs is 1. The average molecular weight is 276 g/mol. The van der Waals surface area contributed by atoms with Gasteiger partial charge in [-0.25, -0.2) is 0 Å². The lowest BCUT2D eigenvalue weighted by atomic mass is 10.1. The maximum Gasteiger partial charge on any atom is 0.262 e. The van der Waals surface area contributed by atoms with Gasteiger partial charge in [0.05, 0.1) is 11.3 Å². The van der Waals surface area contributed by atoms with Crippen LogP contribution in [0.5, 0.6) is 5.75 Å². The summed E-state index contributed by atoms with van der Waals surface area (Å²) in [5.41, 5.74) is 0.173. The van der Waals surface area contributed by atoms with E-state index in [1.807, 2.05) is 0 Å². The summed E-state index contributed by atoms with van der Waals surface area (Å²) in [6.07, 6.45) is 0.573. The van der Waals surface area contributed by atoms with E-state index in [1.165, 1.54) is 0 Å². The highest BCUT2D eigenvalue weighted by Crippen LogP contribution is 2.30. The van der Waals surface area contributed by atoms with Crippen molar-refractivity contribution in [1.29, 1.82) is 0 Å². The number of hydrogen-bond donors (Lipinski definition) is 2. The van der Waals surface area contributed by atoms with Gasteiger partial charge < -0.3 is 20.1 Å². The molecule has 1 aromatic carbocycles. The van der Waals surface area contributed by atoms with Gasteiger partial charge >= 0.3 is 0 Å². The van der Waals surface area contributed by atoms with E-state index in [2.05, 4.69) is 5.32 Å². The summed E-state index contributed by atoms with van der Waals surface area (Å²) in [4.78, 5) is 25.3. The molecule has 1 fully saturated rings. The van der Waals surface area contributed by atoms with Crippen LogP contribution in [0.15, 0.2) is 18.2 Å². The summed E-state index contributed by atoms with van der Waals surface area (Å²) in [6.45, 7) is 2.58. The SMILES string of the molecule is CC1(O)CCN(C(=O)c2ccc3c(c2)NC(=O)CO3)C1. The quantitative estimate of drug-likeness (QED) is 0.788. The second kappa shape index (κ2) is 4.49. The fraction of sp³-hybridized carbons (Fsp3) is 0.429. The lowest BCUT2D eigenvalue weighted by Crippen LogP contribution is -2.34. The Balaban J connectivity index is 1.82. The van der Waals surface area contributed by atoms with E-state index in [-0.39, 0.29) is 18.4 Å². The van der Waals surface area contributed by atoms with E-state index in [0.29, 0.717) is 36.5 Å². The molecule has 2 N–H and O–H groups in total. The van der Waals surface area contributed by atoms with E-state index in [9.17, 15) is 14.7 Å². The Morgan fingerprint density at radius 2 is 2.30 bits per heavy atom. The second-order valence-electron chi connectivity index (χ2n) is 5.52. The maximum absolute atomic E-state index is 12.4. The monoisotopic (exact) mass is 276 g/mol. The number of β-amino-alcohol motifs (C(OH)–C–C–N with tert-alkyl or cyclic N) is 1. The molecule has 0 aliphatic carbocycles. The zero-order valence-corrected chi connectivity index (χ0v) is 11.2. The molecule has 1 atom stereocenters. The van der Waals surface area contributed by atoms with Gasteiger partial charge in [-0.3, -0.25) is 9.59 Å². The highest BCUT2D eigenvalue weighted by molar-refractivity contribution is 6.00. The molecule has 2 aliphatic rings. The summed E-state index contributed by atoms with van der Waals surface area (Å²) in [6, 6.07) is 4.96. The Hall–Kier alpha value is -2.08. The summed E-state index contributed by atoms with van der Waals surface area (Å²) >= 11 is 0. The fourth-order valence-corrected chi connectivity index (χ4v) is 2.52. The number of amides is 2. The predicted molar refractivity (Wildman–Crippen MR) is 71.7 cm³/mol. The molecular weight excluding hydrogens is 260 g/mol. The largest absolute Gasteiger partial charge is 0.482 e. The van der Waals surface area contributed by atoms with E-state index in [4.69, 9.17) is 4.74 Å². The van der Waals surface area contributed by atoms with Crippen molar-refractivity contribution in [2.75, 3.05) is 25.0 Å².